The van der Waals surface area contributed by atoms with Crippen LogP contribution in [0.25, 0.3) is 0 Å². The molecule has 0 aliphatic carbocycles. The highest BCUT2D eigenvalue weighted by atomic mass is 16.5. The molecule has 0 aromatic carbocycles. The van der Waals surface area contributed by atoms with Gasteiger partial charge in [0.25, 0.3) is 0 Å². The van der Waals surface area contributed by atoms with E-state index in [0.717, 1.165) is 32.1 Å². The van der Waals surface area contributed by atoms with Gasteiger partial charge in [0.15, 0.2) is 0 Å². The molecule has 4 heteroatoms. The second-order valence-electron chi connectivity index (χ2n) is 3.90. The van der Waals surface area contributed by atoms with Crippen LogP contribution in [0.2, 0.25) is 0 Å². The van der Waals surface area contributed by atoms with E-state index in [1.165, 1.54) is 13.3 Å². The Hall–Kier alpha value is -1.06. The SMILES string of the molecule is CCCCCCC(=O)O.CCCCOC(C)=O. The lowest BCUT2D eigenvalue weighted by atomic mass is 10.2. The summed E-state index contributed by atoms with van der Waals surface area (Å²) in [6.45, 7) is 6.17. The van der Waals surface area contributed by atoms with Crippen LogP contribution in [0.3, 0.4) is 0 Å². The third-order valence-corrected chi connectivity index (χ3v) is 2.05. The van der Waals surface area contributed by atoms with Crippen molar-refractivity contribution >= 4 is 11.9 Å². The molecule has 1 N–H and O–H groups in total. The van der Waals surface area contributed by atoms with Gasteiger partial charge in [0, 0.05) is 13.3 Å². The minimum absolute atomic E-state index is 0.182. The summed E-state index contributed by atoms with van der Waals surface area (Å²) in [6, 6.07) is 0. The van der Waals surface area contributed by atoms with E-state index >= 15 is 0 Å². The predicted octanol–water partition coefficient (Wildman–Crippen LogP) is 3.39. The normalized spacial score (nSPS) is 9.12. The molecule has 0 saturated heterocycles. The molecular formula is C13H26O4. The molecule has 0 rings (SSSR count). The molecule has 0 bridgehead atoms. The van der Waals surface area contributed by atoms with E-state index in [1.54, 1.807) is 0 Å². The van der Waals surface area contributed by atoms with Crippen LogP contribution >= 0.6 is 0 Å². The van der Waals surface area contributed by atoms with E-state index in [-0.39, 0.29) is 5.97 Å². The molecule has 4 nitrogen and oxygen atoms in total. The molecule has 0 aliphatic heterocycles. The molecule has 0 aliphatic rings. The van der Waals surface area contributed by atoms with Crippen molar-refractivity contribution in [3.8, 4) is 0 Å². The van der Waals surface area contributed by atoms with E-state index < -0.39 is 5.97 Å². The Bertz CT molecular complexity index is 190. The van der Waals surface area contributed by atoms with E-state index in [1.807, 2.05) is 0 Å². The zero-order valence-corrected chi connectivity index (χ0v) is 11.3. The Balaban J connectivity index is 0. The van der Waals surface area contributed by atoms with Gasteiger partial charge in [-0.3, -0.25) is 9.59 Å². The number of carbonyl (C=O) groups excluding carboxylic acids is 1. The largest absolute Gasteiger partial charge is 0.481 e. The summed E-state index contributed by atoms with van der Waals surface area (Å²) >= 11 is 0. The molecule has 0 heterocycles. The van der Waals surface area contributed by atoms with Crippen LogP contribution in [-0.4, -0.2) is 23.7 Å². The van der Waals surface area contributed by atoms with Crippen LogP contribution in [0, 0.1) is 0 Å². The van der Waals surface area contributed by atoms with Crippen LogP contribution < -0.4 is 0 Å². The molecule has 0 aromatic heterocycles. The van der Waals surface area contributed by atoms with Gasteiger partial charge in [0.2, 0.25) is 0 Å². The Morgan fingerprint density at radius 3 is 2.00 bits per heavy atom. The van der Waals surface area contributed by atoms with Gasteiger partial charge in [-0.1, -0.05) is 39.5 Å². The van der Waals surface area contributed by atoms with Crippen LogP contribution in [0.1, 0.15) is 65.7 Å². The zero-order valence-electron chi connectivity index (χ0n) is 11.3. The number of aliphatic carboxylic acids is 1. The van der Waals surface area contributed by atoms with Crippen LogP contribution in [-0.2, 0) is 14.3 Å². The maximum absolute atomic E-state index is 10.1. The van der Waals surface area contributed by atoms with Crippen molar-refractivity contribution in [3.63, 3.8) is 0 Å². The summed E-state index contributed by atoms with van der Waals surface area (Å²) in [5, 5.41) is 8.21. The number of ether oxygens (including phenoxy) is 1. The lowest BCUT2D eigenvalue weighted by Crippen LogP contribution is -1.99. The number of hydrogen-bond acceptors (Lipinski definition) is 3. The highest BCUT2D eigenvalue weighted by Gasteiger charge is 1.94. The number of carboxylic acid groups (broad SMARTS) is 1. The lowest BCUT2D eigenvalue weighted by Gasteiger charge is -1.96. The number of rotatable bonds is 8. The standard InChI is InChI=1S/C7H14O2.C6H12O2/c1-2-3-4-5-6-7(8)9;1-3-4-5-8-6(2)7/h2-6H2,1H3,(H,8,9);3-5H2,1-2H3. The Labute approximate surface area is 104 Å². The van der Waals surface area contributed by atoms with E-state index in [2.05, 4.69) is 18.6 Å². The second-order valence-corrected chi connectivity index (χ2v) is 3.90. The van der Waals surface area contributed by atoms with E-state index in [4.69, 9.17) is 5.11 Å². The maximum Gasteiger partial charge on any atom is 0.303 e. The third-order valence-electron chi connectivity index (χ3n) is 2.05. The van der Waals surface area contributed by atoms with Crippen molar-refractivity contribution in [2.45, 2.75) is 65.7 Å². The molecule has 0 aromatic rings. The van der Waals surface area contributed by atoms with Gasteiger partial charge in [-0.25, -0.2) is 0 Å². The van der Waals surface area contributed by atoms with Crippen LogP contribution in [0.15, 0.2) is 0 Å². The van der Waals surface area contributed by atoms with Crippen molar-refractivity contribution in [3.05, 3.63) is 0 Å². The molecule has 0 unspecified atom stereocenters. The predicted molar refractivity (Wildman–Crippen MR) is 67.9 cm³/mol. The molecule has 0 radical (unpaired) electrons. The van der Waals surface area contributed by atoms with Gasteiger partial charge in [-0.05, 0) is 12.8 Å². The Kier molecular flexibility index (Phi) is 16.1. The zero-order chi connectivity index (χ0) is 13.5. The number of esters is 1. The van der Waals surface area contributed by atoms with Crippen molar-refractivity contribution in [1.29, 1.82) is 0 Å². The molecule has 17 heavy (non-hydrogen) atoms. The van der Waals surface area contributed by atoms with Gasteiger partial charge in [0.1, 0.15) is 0 Å². The van der Waals surface area contributed by atoms with Crippen molar-refractivity contribution in [2.75, 3.05) is 6.61 Å². The average Bonchev–Trinajstić information content (AvgIpc) is 2.25. The smallest absolute Gasteiger partial charge is 0.303 e. The summed E-state index contributed by atoms with van der Waals surface area (Å²) in [7, 11) is 0. The van der Waals surface area contributed by atoms with E-state index in [0.29, 0.717) is 13.0 Å². The number of carboxylic acids is 1. The van der Waals surface area contributed by atoms with Gasteiger partial charge in [0.05, 0.1) is 6.61 Å². The van der Waals surface area contributed by atoms with Crippen LogP contribution in [0.4, 0.5) is 0 Å². The minimum atomic E-state index is -0.675. The van der Waals surface area contributed by atoms with Gasteiger partial charge in [-0.15, -0.1) is 0 Å². The molecule has 0 atom stereocenters. The van der Waals surface area contributed by atoms with Gasteiger partial charge < -0.3 is 9.84 Å². The van der Waals surface area contributed by atoms with E-state index in [9.17, 15) is 9.59 Å². The number of carbonyl (C=O) groups is 2. The van der Waals surface area contributed by atoms with Crippen molar-refractivity contribution in [2.24, 2.45) is 0 Å². The molecule has 0 spiro atoms. The first kappa shape index (κ1) is 18.3. The fourth-order valence-electron chi connectivity index (χ4n) is 1.06. The highest BCUT2D eigenvalue weighted by molar-refractivity contribution is 5.66. The Morgan fingerprint density at radius 1 is 1.00 bits per heavy atom. The molecular weight excluding hydrogens is 220 g/mol. The minimum Gasteiger partial charge on any atom is -0.481 e. The fraction of sp³-hybridized carbons (Fsp3) is 0.846. The van der Waals surface area contributed by atoms with Gasteiger partial charge >= 0.3 is 11.9 Å². The topological polar surface area (TPSA) is 63.6 Å². The maximum atomic E-state index is 10.1. The highest BCUT2D eigenvalue weighted by Crippen LogP contribution is 2.01. The average molecular weight is 246 g/mol. The summed E-state index contributed by atoms with van der Waals surface area (Å²) in [6.07, 6.45) is 6.60. The second kappa shape index (κ2) is 14.9. The molecule has 0 amide bonds. The van der Waals surface area contributed by atoms with Crippen LogP contribution in [0.5, 0.6) is 0 Å². The first-order valence-electron chi connectivity index (χ1n) is 6.39. The molecule has 0 saturated carbocycles. The lowest BCUT2D eigenvalue weighted by molar-refractivity contribution is -0.141. The monoisotopic (exact) mass is 246 g/mol. The first-order chi connectivity index (χ1) is 8.04. The first-order valence-corrected chi connectivity index (χ1v) is 6.39. The fourth-order valence-corrected chi connectivity index (χ4v) is 1.06. The summed E-state index contributed by atoms with van der Waals surface area (Å²) in [4.78, 5) is 20.1. The molecule has 102 valence electrons. The number of unbranched alkanes of at least 4 members (excludes halogenated alkanes) is 4. The summed E-state index contributed by atoms with van der Waals surface area (Å²) in [5.74, 6) is -0.857. The molecule has 0 fully saturated rings. The summed E-state index contributed by atoms with van der Waals surface area (Å²) in [5.41, 5.74) is 0. The summed E-state index contributed by atoms with van der Waals surface area (Å²) < 4.78 is 4.64. The van der Waals surface area contributed by atoms with Crippen molar-refractivity contribution in [1.82, 2.24) is 0 Å². The quantitative estimate of drug-likeness (QED) is 0.526. The Morgan fingerprint density at radius 2 is 1.59 bits per heavy atom. The third kappa shape index (κ3) is 25.3. The number of hydrogen-bond donors (Lipinski definition) is 1. The van der Waals surface area contributed by atoms with Gasteiger partial charge in [-0.2, -0.15) is 0 Å². The van der Waals surface area contributed by atoms with Crippen molar-refractivity contribution < 1.29 is 19.4 Å².